The van der Waals surface area contributed by atoms with Crippen LogP contribution >= 0.6 is 0 Å². The van der Waals surface area contributed by atoms with Crippen molar-refractivity contribution in [2.45, 2.75) is 6.92 Å². The van der Waals surface area contributed by atoms with Gasteiger partial charge in [0.2, 0.25) is 0 Å². The minimum Gasteiger partial charge on any atom is -0.497 e. The molecule has 1 aromatic carbocycles. The van der Waals surface area contributed by atoms with Crippen LogP contribution in [0.25, 0.3) is 0 Å². The summed E-state index contributed by atoms with van der Waals surface area (Å²) in [7, 11) is 4.56. The molecular weight excluding hydrogens is 246 g/mol. The number of rotatable bonds is 6. The lowest BCUT2D eigenvalue weighted by Crippen LogP contribution is -2.06. The molecule has 0 aliphatic carbocycles. The highest BCUT2D eigenvalue weighted by molar-refractivity contribution is 5.87. The number of methoxy groups -OCH3 is 3. The summed E-state index contributed by atoms with van der Waals surface area (Å²) in [4.78, 5) is 11.2. The Labute approximate surface area is 113 Å². The van der Waals surface area contributed by atoms with Crippen LogP contribution in [0.5, 0.6) is 11.5 Å². The summed E-state index contributed by atoms with van der Waals surface area (Å²) in [6.07, 6.45) is 1.75. The minimum atomic E-state index is -0.334. The largest absolute Gasteiger partial charge is 0.497 e. The molecule has 0 spiro atoms. The Bertz CT molecular complexity index is 469. The number of ether oxygens (including phenoxy) is 3. The van der Waals surface area contributed by atoms with Crippen LogP contribution in [0.4, 0.5) is 5.69 Å². The highest BCUT2D eigenvalue weighted by Crippen LogP contribution is 2.28. The van der Waals surface area contributed by atoms with Gasteiger partial charge in [-0.25, -0.2) is 4.79 Å². The van der Waals surface area contributed by atoms with E-state index in [1.807, 2.05) is 18.2 Å². The predicted molar refractivity (Wildman–Crippen MR) is 73.8 cm³/mol. The van der Waals surface area contributed by atoms with Crippen molar-refractivity contribution >= 4 is 11.7 Å². The summed E-state index contributed by atoms with van der Waals surface area (Å²) < 4.78 is 15.0. The van der Waals surface area contributed by atoms with Crippen LogP contribution in [-0.2, 0) is 9.53 Å². The van der Waals surface area contributed by atoms with Crippen LogP contribution in [0.1, 0.15) is 6.92 Å². The molecule has 0 aromatic heterocycles. The molecule has 0 amide bonds. The number of anilines is 1. The van der Waals surface area contributed by atoms with E-state index in [-0.39, 0.29) is 5.97 Å². The normalized spacial score (nSPS) is 10.8. The van der Waals surface area contributed by atoms with Crippen molar-refractivity contribution in [3.8, 4) is 11.5 Å². The second-order valence-electron chi connectivity index (χ2n) is 3.83. The molecule has 0 radical (unpaired) electrons. The highest BCUT2D eigenvalue weighted by Gasteiger charge is 2.05. The number of benzene rings is 1. The Balaban J connectivity index is 2.74. The first-order chi connectivity index (χ1) is 9.12. The first kappa shape index (κ1) is 14.9. The maximum atomic E-state index is 11.2. The number of carbonyl (C=O) groups excluding carboxylic acids is 1. The van der Waals surface area contributed by atoms with Gasteiger partial charge in [0, 0.05) is 18.2 Å². The van der Waals surface area contributed by atoms with Crippen molar-refractivity contribution < 1.29 is 19.0 Å². The number of esters is 1. The minimum absolute atomic E-state index is 0.334. The maximum absolute atomic E-state index is 11.2. The van der Waals surface area contributed by atoms with E-state index in [0.29, 0.717) is 17.9 Å². The summed E-state index contributed by atoms with van der Waals surface area (Å²) in [6, 6.07) is 5.47. The topological polar surface area (TPSA) is 56.8 Å². The van der Waals surface area contributed by atoms with Crippen molar-refractivity contribution in [1.29, 1.82) is 0 Å². The van der Waals surface area contributed by atoms with Crippen LogP contribution in [0, 0.1) is 0 Å². The monoisotopic (exact) mass is 265 g/mol. The lowest BCUT2D eigenvalue weighted by Gasteiger charge is -2.11. The predicted octanol–water partition coefficient (Wildman–Crippen LogP) is 2.24. The molecule has 0 fully saturated rings. The average molecular weight is 265 g/mol. The Morgan fingerprint density at radius 3 is 2.58 bits per heavy atom. The van der Waals surface area contributed by atoms with Crippen molar-refractivity contribution in [3.05, 3.63) is 29.8 Å². The molecule has 0 bridgehead atoms. The van der Waals surface area contributed by atoms with Gasteiger partial charge in [0.15, 0.2) is 0 Å². The zero-order valence-corrected chi connectivity index (χ0v) is 11.6. The van der Waals surface area contributed by atoms with E-state index < -0.39 is 0 Å². The molecule has 104 valence electrons. The third-order valence-electron chi connectivity index (χ3n) is 2.61. The van der Waals surface area contributed by atoms with E-state index in [1.54, 1.807) is 27.2 Å². The standard InChI is InChI=1S/C14H19NO4/c1-10(14(16)19-4)7-8-15-12-9-11(17-2)5-6-13(12)18-3/h5-7,9,15H,8H2,1-4H3/b10-7+. The molecule has 1 aromatic rings. The molecule has 5 heteroatoms. The molecule has 0 saturated carbocycles. The summed E-state index contributed by atoms with van der Waals surface area (Å²) in [5.41, 5.74) is 1.35. The number of carbonyl (C=O) groups is 1. The molecule has 0 unspecified atom stereocenters. The molecule has 19 heavy (non-hydrogen) atoms. The fraction of sp³-hybridized carbons (Fsp3) is 0.357. The Kier molecular flexibility index (Phi) is 5.73. The van der Waals surface area contributed by atoms with Gasteiger partial charge in [0.25, 0.3) is 0 Å². The number of nitrogens with one attached hydrogen (secondary N) is 1. The van der Waals surface area contributed by atoms with E-state index in [2.05, 4.69) is 10.1 Å². The van der Waals surface area contributed by atoms with Gasteiger partial charge in [-0.3, -0.25) is 0 Å². The molecule has 1 N–H and O–H groups in total. The molecule has 0 saturated heterocycles. The van der Waals surface area contributed by atoms with E-state index in [4.69, 9.17) is 9.47 Å². The zero-order chi connectivity index (χ0) is 14.3. The summed E-state index contributed by atoms with van der Waals surface area (Å²) in [6.45, 7) is 2.20. The summed E-state index contributed by atoms with van der Waals surface area (Å²) in [5.74, 6) is 1.11. The first-order valence-corrected chi connectivity index (χ1v) is 5.83. The second-order valence-corrected chi connectivity index (χ2v) is 3.83. The van der Waals surface area contributed by atoms with E-state index in [1.165, 1.54) is 7.11 Å². The van der Waals surface area contributed by atoms with Gasteiger partial charge in [-0.15, -0.1) is 0 Å². The SMILES string of the molecule is COC(=O)/C(C)=C/CNc1cc(OC)ccc1OC. The van der Waals surface area contributed by atoms with Gasteiger partial charge in [-0.1, -0.05) is 6.08 Å². The lowest BCUT2D eigenvalue weighted by atomic mass is 10.2. The van der Waals surface area contributed by atoms with Crippen molar-refractivity contribution in [2.75, 3.05) is 33.2 Å². The summed E-state index contributed by atoms with van der Waals surface area (Å²) in [5, 5.41) is 3.16. The molecule has 0 heterocycles. The molecular formula is C14H19NO4. The van der Waals surface area contributed by atoms with Crippen molar-refractivity contribution in [3.63, 3.8) is 0 Å². The molecule has 0 atom stereocenters. The zero-order valence-electron chi connectivity index (χ0n) is 11.6. The molecule has 5 nitrogen and oxygen atoms in total. The van der Waals surface area contributed by atoms with E-state index in [9.17, 15) is 4.79 Å². The van der Waals surface area contributed by atoms with Gasteiger partial charge in [-0.05, 0) is 19.1 Å². The van der Waals surface area contributed by atoms with Gasteiger partial charge in [0.1, 0.15) is 11.5 Å². The van der Waals surface area contributed by atoms with Gasteiger partial charge in [-0.2, -0.15) is 0 Å². The third kappa shape index (κ3) is 4.21. The maximum Gasteiger partial charge on any atom is 0.333 e. The quantitative estimate of drug-likeness (QED) is 0.631. The van der Waals surface area contributed by atoms with Gasteiger partial charge in [0.05, 0.1) is 27.0 Å². The summed E-state index contributed by atoms with van der Waals surface area (Å²) >= 11 is 0. The average Bonchev–Trinajstić information content (AvgIpc) is 2.45. The van der Waals surface area contributed by atoms with Gasteiger partial charge < -0.3 is 19.5 Å². The van der Waals surface area contributed by atoms with E-state index in [0.717, 1.165) is 11.4 Å². The second kappa shape index (κ2) is 7.31. The number of hydrogen-bond donors (Lipinski definition) is 1. The Hall–Kier alpha value is -2.17. The third-order valence-corrected chi connectivity index (χ3v) is 2.61. The molecule has 0 aliphatic heterocycles. The fourth-order valence-electron chi connectivity index (χ4n) is 1.51. The fourth-order valence-corrected chi connectivity index (χ4v) is 1.51. The Morgan fingerprint density at radius 1 is 1.26 bits per heavy atom. The van der Waals surface area contributed by atoms with Crippen LogP contribution in [-0.4, -0.2) is 33.8 Å². The van der Waals surface area contributed by atoms with Crippen molar-refractivity contribution in [2.24, 2.45) is 0 Å². The van der Waals surface area contributed by atoms with Crippen LogP contribution in [0.3, 0.4) is 0 Å². The lowest BCUT2D eigenvalue weighted by molar-refractivity contribution is -0.136. The molecule has 0 aliphatic rings. The van der Waals surface area contributed by atoms with Crippen LogP contribution in [0.2, 0.25) is 0 Å². The van der Waals surface area contributed by atoms with Crippen LogP contribution in [0.15, 0.2) is 29.8 Å². The van der Waals surface area contributed by atoms with Crippen LogP contribution < -0.4 is 14.8 Å². The van der Waals surface area contributed by atoms with Gasteiger partial charge >= 0.3 is 5.97 Å². The van der Waals surface area contributed by atoms with Crippen molar-refractivity contribution in [1.82, 2.24) is 0 Å². The Morgan fingerprint density at radius 2 is 2.00 bits per heavy atom. The van der Waals surface area contributed by atoms with E-state index >= 15 is 0 Å². The first-order valence-electron chi connectivity index (χ1n) is 5.83. The highest BCUT2D eigenvalue weighted by atomic mass is 16.5. The molecule has 1 rings (SSSR count). The smallest absolute Gasteiger partial charge is 0.333 e. The number of hydrogen-bond acceptors (Lipinski definition) is 5.